The molecule has 10 unspecified atom stereocenters. The highest BCUT2D eigenvalue weighted by molar-refractivity contribution is 5.89. The average Bonchev–Trinajstić information content (AvgIpc) is 3.53. The van der Waals surface area contributed by atoms with E-state index in [1.807, 2.05) is 0 Å². The van der Waals surface area contributed by atoms with E-state index in [1.165, 1.54) is 43.4 Å². The van der Waals surface area contributed by atoms with Crippen LogP contribution in [0.4, 0.5) is 0 Å². The predicted molar refractivity (Wildman–Crippen MR) is 128 cm³/mol. The third-order valence-electron chi connectivity index (χ3n) is 12.7. The maximum atomic E-state index is 14.0. The lowest BCUT2D eigenvalue weighted by Crippen LogP contribution is -2.53. The van der Waals surface area contributed by atoms with Crippen LogP contribution in [0.1, 0.15) is 58.8 Å². The maximum Gasteiger partial charge on any atom is 0.323 e. The summed E-state index contributed by atoms with van der Waals surface area (Å²) < 4.78 is 6.46. The fourth-order valence-corrected chi connectivity index (χ4v) is 11.7. The van der Waals surface area contributed by atoms with Crippen LogP contribution in [-0.2, 0) is 19.1 Å². The Morgan fingerprint density at radius 2 is 1.29 bits per heavy atom. The predicted octanol–water partition coefficient (Wildman–Crippen LogP) is 3.93. The highest BCUT2D eigenvalue weighted by Crippen LogP contribution is 2.73. The Hall–Kier alpha value is -1.59. The summed E-state index contributed by atoms with van der Waals surface area (Å²) in [5, 5.41) is 9.33. The fourth-order valence-electron chi connectivity index (χ4n) is 11.7. The standard InChI is InChI=1S/C29H41NO5/c1-12-13(2)19-9-18(12)23-20-10-21(24(19)23)26(25(20)28(33)30(3)11-22(31)32)29(34)35-27-16-5-14-4-15(7-16)8-17(27)6-14/h12-21,23-27H,4-11H2,1-3H3,(H,31,32). The van der Waals surface area contributed by atoms with Crippen molar-refractivity contribution >= 4 is 17.8 Å². The number of amides is 1. The lowest BCUT2D eigenvalue weighted by atomic mass is 9.55. The van der Waals surface area contributed by atoms with E-state index in [0.29, 0.717) is 47.3 Å². The molecule has 0 radical (unpaired) electrons. The largest absolute Gasteiger partial charge is 0.480 e. The van der Waals surface area contributed by atoms with Crippen molar-refractivity contribution in [3.05, 3.63) is 0 Å². The molecule has 1 N–H and O–H groups in total. The van der Waals surface area contributed by atoms with Gasteiger partial charge in [0.2, 0.25) is 5.91 Å². The summed E-state index contributed by atoms with van der Waals surface area (Å²) in [5.74, 6) is 4.77. The Morgan fingerprint density at radius 1 is 0.771 bits per heavy atom. The van der Waals surface area contributed by atoms with Gasteiger partial charge in [0.05, 0.1) is 11.8 Å². The summed E-state index contributed by atoms with van der Waals surface area (Å²) >= 11 is 0. The zero-order valence-corrected chi connectivity index (χ0v) is 21.3. The van der Waals surface area contributed by atoms with Crippen molar-refractivity contribution in [3.8, 4) is 0 Å². The molecule has 8 aliphatic carbocycles. The van der Waals surface area contributed by atoms with Crippen molar-refractivity contribution in [3.63, 3.8) is 0 Å². The molecule has 6 heteroatoms. The van der Waals surface area contributed by atoms with E-state index >= 15 is 0 Å². The number of esters is 1. The first-order valence-corrected chi connectivity index (χ1v) is 14.4. The number of rotatable bonds is 5. The van der Waals surface area contributed by atoms with Crippen LogP contribution >= 0.6 is 0 Å². The second kappa shape index (κ2) is 7.71. The Labute approximate surface area is 208 Å². The van der Waals surface area contributed by atoms with Crippen LogP contribution in [0.5, 0.6) is 0 Å². The van der Waals surface area contributed by atoms with Gasteiger partial charge in [0, 0.05) is 7.05 Å². The highest BCUT2D eigenvalue weighted by atomic mass is 16.5. The third kappa shape index (κ3) is 3.09. The zero-order valence-electron chi connectivity index (χ0n) is 21.3. The first-order valence-electron chi connectivity index (χ1n) is 14.4. The highest BCUT2D eigenvalue weighted by Gasteiger charge is 2.71. The summed E-state index contributed by atoms with van der Waals surface area (Å²) in [7, 11) is 1.59. The molecule has 192 valence electrons. The van der Waals surface area contributed by atoms with E-state index in [-0.39, 0.29) is 42.3 Å². The topological polar surface area (TPSA) is 83.9 Å². The van der Waals surface area contributed by atoms with Crippen molar-refractivity contribution in [1.82, 2.24) is 4.90 Å². The summed E-state index contributed by atoms with van der Waals surface area (Å²) in [6.45, 7) is 4.46. The lowest BCUT2D eigenvalue weighted by Gasteiger charge is -2.54. The molecule has 10 atom stereocenters. The molecule has 1 amide bonds. The van der Waals surface area contributed by atoms with E-state index in [4.69, 9.17) is 4.74 Å². The van der Waals surface area contributed by atoms with Gasteiger partial charge in [-0.25, -0.2) is 0 Å². The van der Waals surface area contributed by atoms with Crippen LogP contribution in [0, 0.1) is 82.9 Å². The molecule has 0 aliphatic heterocycles. The minimum atomic E-state index is -1.00. The van der Waals surface area contributed by atoms with Gasteiger partial charge in [-0.2, -0.15) is 0 Å². The Balaban J connectivity index is 1.17. The monoisotopic (exact) mass is 483 g/mol. The van der Waals surface area contributed by atoms with Gasteiger partial charge in [0.15, 0.2) is 0 Å². The normalized spacial score (nSPS) is 54.2. The molecule has 35 heavy (non-hydrogen) atoms. The molecular weight excluding hydrogens is 442 g/mol. The number of carbonyl (C=O) groups is 3. The number of carboxylic acid groups (broad SMARTS) is 1. The fraction of sp³-hybridized carbons (Fsp3) is 0.897. The van der Waals surface area contributed by atoms with Crippen LogP contribution in [-0.4, -0.2) is 47.5 Å². The molecule has 0 aromatic rings. The van der Waals surface area contributed by atoms with Crippen molar-refractivity contribution in [2.24, 2.45) is 82.9 Å². The van der Waals surface area contributed by atoms with Crippen molar-refractivity contribution in [2.45, 2.75) is 64.9 Å². The summed E-state index contributed by atoms with van der Waals surface area (Å²) in [5.41, 5.74) is 0. The second-order valence-corrected chi connectivity index (χ2v) is 14.0. The third-order valence-corrected chi connectivity index (χ3v) is 12.7. The summed E-state index contributed by atoms with van der Waals surface area (Å²) in [4.78, 5) is 40.5. The Kier molecular flexibility index (Phi) is 4.98. The minimum absolute atomic E-state index is 0.0386. The van der Waals surface area contributed by atoms with Crippen molar-refractivity contribution in [2.75, 3.05) is 13.6 Å². The molecule has 8 bridgehead atoms. The molecule has 0 aromatic heterocycles. The van der Waals surface area contributed by atoms with Gasteiger partial charge in [0.1, 0.15) is 12.6 Å². The minimum Gasteiger partial charge on any atom is -0.480 e. The number of ether oxygens (including phenoxy) is 1. The number of fused-ring (bicyclic) bond motifs is 9. The number of hydrogen-bond donors (Lipinski definition) is 1. The van der Waals surface area contributed by atoms with Gasteiger partial charge in [-0.05, 0) is 116 Å². The van der Waals surface area contributed by atoms with Crippen LogP contribution in [0.2, 0.25) is 0 Å². The Bertz CT molecular complexity index is 919. The van der Waals surface area contributed by atoms with Gasteiger partial charge < -0.3 is 14.7 Å². The Morgan fingerprint density at radius 3 is 1.83 bits per heavy atom. The van der Waals surface area contributed by atoms with Gasteiger partial charge >= 0.3 is 11.9 Å². The SMILES string of the molecule is CC1C(C)C2CC1C1C3CC(C(C(=O)N(C)CC(=O)O)C3C(=O)OC3C4CC5CC(C4)CC3C5)C21. The van der Waals surface area contributed by atoms with Gasteiger partial charge in [-0.1, -0.05) is 13.8 Å². The van der Waals surface area contributed by atoms with Crippen molar-refractivity contribution < 1.29 is 24.2 Å². The van der Waals surface area contributed by atoms with E-state index in [2.05, 4.69) is 13.8 Å². The molecular formula is C29H41NO5. The van der Waals surface area contributed by atoms with E-state index in [0.717, 1.165) is 18.3 Å². The van der Waals surface area contributed by atoms with Crippen LogP contribution < -0.4 is 0 Å². The van der Waals surface area contributed by atoms with Gasteiger partial charge in [-0.15, -0.1) is 0 Å². The molecule has 0 heterocycles. The smallest absolute Gasteiger partial charge is 0.323 e. The molecule has 8 aliphatic rings. The first-order chi connectivity index (χ1) is 16.7. The molecule has 8 saturated carbocycles. The molecule has 0 spiro atoms. The number of carboxylic acids is 1. The molecule has 0 aromatic carbocycles. The van der Waals surface area contributed by atoms with E-state index < -0.39 is 11.9 Å². The maximum absolute atomic E-state index is 14.0. The van der Waals surface area contributed by atoms with Crippen LogP contribution in [0.25, 0.3) is 0 Å². The molecule has 8 fully saturated rings. The van der Waals surface area contributed by atoms with Gasteiger partial charge in [0.25, 0.3) is 0 Å². The quantitative estimate of drug-likeness (QED) is 0.473. The van der Waals surface area contributed by atoms with Gasteiger partial charge in [-0.3, -0.25) is 14.4 Å². The number of carbonyl (C=O) groups excluding carboxylic acids is 2. The van der Waals surface area contributed by atoms with Crippen LogP contribution in [0.15, 0.2) is 0 Å². The number of aliphatic carboxylic acids is 1. The summed E-state index contributed by atoms with van der Waals surface area (Å²) in [6.07, 6.45) is 8.41. The zero-order chi connectivity index (χ0) is 24.3. The first kappa shape index (κ1) is 22.6. The number of nitrogens with zero attached hydrogens (tertiary/aromatic N) is 1. The number of hydrogen-bond acceptors (Lipinski definition) is 4. The van der Waals surface area contributed by atoms with Crippen molar-refractivity contribution in [1.29, 1.82) is 0 Å². The van der Waals surface area contributed by atoms with E-state index in [1.54, 1.807) is 7.05 Å². The second-order valence-electron chi connectivity index (χ2n) is 14.0. The summed E-state index contributed by atoms with van der Waals surface area (Å²) in [6, 6.07) is 0. The molecule has 8 rings (SSSR count). The van der Waals surface area contributed by atoms with Crippen LogP contribution in [0.3, 0.4) is 0 Å². The lowest BCUT2D eigenvalue weighted by molar-refractivity contribution is -0.183. The number of likely N-dealkylation sites (N-methyl/N-ethyl adjacent to an activating group) is 1. The van der Waals surface area contributed by atoms with E-state index in [9.17, 15) is 19.5 Å². The average molecular weight is 484 g/mol. The molecule has 0 saturated heterocycles. The molecule has 6 nitrogen and oxygen atoms in total.